The molecule has 1 aromatic rings. The van der Waals surface area contributed by atoms with E-state index in [1.165, 1.54) is 4.88 Å². The van der Waals surface area contributed by atoms with E-state index in [1.54, 1.807) is 23.1 Å². The highest BCUT2D eigenvalue weighted by atomic mass is 32.2. The van der Waals surface area contributed by atoms with Gasteiger partial charge in [0.15, 0.2) is 0 Å². The summed E-state index contributed by atoms with van der Waals surface area (Å²) in [5.41, 5.74) is 0.978. The SMILES string of the molecule is C=C(C)CNC(=O)CSCc1cccs1. The topological polar surface area (TPSA) is 29.1 Å². The molecule has 2 nitrogen and oxygen atoms in total. The molecule has 1 aromatic heterocycles. The summed E-state index contributed by atoms with van der Waals surface area (Å²) in [4.78, 5) is 12.6. The van der Waals surface area contributed by atoms with Gasteiger partial charge in [0, 0.05) is 17.2 Å². The lowest BCUT2D eigenvalue weighted by Crippen LogP contribution is -2.26. The molecule has 0 aromatic carbocycles. The van der Waals surface area contributed by atoms with Gasteiger partial charge in [-0.3, -0.25) is 4.79 Å². The Morgan fingerprint density at radius 3 is 3.07 bits per heavy atom. The Labute approximate surface area is 98.8 Å². The van der Waals surface area contributed by atoms with E-state index in [0.717, 1.165) is 11.3 Å². The summed E-state index contributed by atoms with van der Waals surface area (Å²) in [6, 6.07) is 4.12. The Balaban J connectivity index is 2.09. The molecule has 0 saturated heterocycles. The molecule has 1 rings (SSSR count). The van der Waals surface area contributed by atoms with Gasteiger partial charge in [-0.15, -0.1) is 23.1 Å². The summed E-state index contributed by atoms with van der Waals surface area (Å²) in [7, 11) is 0. The fourth-order valence-electron chi connectivity index (χ4n) is 0.940. The zero-order chi connectivity index (χ0) is 11.1. The van der Waals surface area contributed by atoms with E-state index in [1.807, 2.05) is 13.0 Å². The number of rotatable bonds is 6. The normalized spacial score (nSPS) is 9.93. The van der Waals surface area contributed by atoms with Crippen molar-refractivity contribution in [1.82, 2.24) is 5.32 Å². The van der Waals surface area contributed by atoms with Crippen LogP contribution in [0.4, 0.5) is 0 Å². The van der Waals surface area contributed by atoms with E-state index in [2.05, 4.69) is 23.3 Å². The highest BCUT2D eigenvalue weighted by molar-refractivity contribution is 7.99. The minimum absolute atomic E-state index is 0.0829. The van der Waals surface area contributed by atoms with Crippen molar-refractivity contribution in [3.63, 3.8) is 0 Å². The van der Waals surface area contributed by atoms with Gasteiger partial charge in [0.1, 0.15) is 0 Å². The molecule has 0 fully saturated rings. The number of carbonyl (C=O) groups excluding carboxylic acids is 1. The lowest BCUT2D eigenvalue weighted by atomic mass is 10.3. The van der Waals surface area contributed by atoms with E-state index in [0.29, 0.717) is 12.3 Å². The van der Waals surface area contributed by atoms with Crippen molar-refractivity contribution in [2.24, 2.45) is 0 Å². The molecule has 1 N–H and O–H groups in total. The van der Waals surface area contributed by atoms with E-state index in [-0.39, 0.29) is 5.91 Å². The van der Waals surface area contributed by atoms with Gasteiger partial charge in [0.05, 0.1) is 5.75 Å². The highest BCUT2D eigenvalue weighted by Gasteiger charge is 2.01. The van der Waals surface area contributed by atoms with Crippen molar-refractivity contribution in [2.75, 3.05) is 12.3 Å². The van der Waals surface area contributed by atoms with E-state index in [4.69, 9.17) is 0 Å². The number of hydrogen-bond acceptors (Lipinski definition) is 3. The number of thiophene rings is 1. The maximum atomic E-state index is 11.3. The Hall–Kier alpha value is -0.740. The van der Waals surface area contributed by atoms with Crippen LogP contribution in [0.3, 0.4) is 0 Å². The van der Waals surface area contributed by atoms with E-state index in [9.17, 15) is 4.79 Å². The number of thioether (sulfide) groups is 1. The van der Waals surface area contributed by atoms with Gasteiger partial charge in [-0.1, -0.05) is 18.2 Å². The van der Waals surface area contributed by atoms with Crippen LogP contribution in [-0.2, 0) is 10.5 Å². The Morgan fingerprint density at radius 2 is 2.47 bits per heavy atom. The molecule has 0 atom stereocenters. The van der Waals surface area contributed by atoms with Gasteiger partial charge in [-0.2, -0.15) is 0 Å². The van der Waals surface area contributed by atoms with Crippen molar-refractivity contribution in [1.29, 1.82) is 0 Å². The van der Waals surface area contributed by atoms with Crippen molar-refractivity contribution >= 4 is 29.0 Å². The number of amides is 1. The fraction of sp³-hybridized carbons (Fsp3) is 0.364. The van der Waals surface area contributed by atoms with E-state index >= 15 is 0 Å². The lowest BCUT2D eigenvalue weighted by Gasteiger charge is -2.03. The Morgan fingerprint density at radius 1 is 1.67 bits per heavy atom. The standard InChI is InChI=1S/C11H15NOS2/c1-9(2)6-12-11(13)8-14-7-10-4-3-5-15-10/h3-5H,1,6-8H2,2H3,(H,12,13). The first-order valence-corrected chi connectivity index (χ1v) is 6.73. The molecule has 82 valence electrons. The largest absolute Gasteiger partial charge is 0.352 e. The Bertz CT molecular complexity index is 319. The van der Waals surface area contributed by atoms with Crippen molar-refractivity contribution < 1.29 is 4.79 Å². The average molecular weight is 241 g/mol. The highest BCUT2D eigenvalue weighted by Crippen LogP contribution is 2.16. The summed E-state index contributed by atoms with van der Waals surface area (Å²) in [5.74, 6) is 1.52. The smallest absolute Gasteiger partial charge is 0.230 e. The molecule has 0 bridgehead atoms. The molecule has 0 aliphatic rings. The lowest BCUT2D eigenvalue weighted by molar-refractivity contribution is -0.118. The van der Waals surface area contributed by atoms with Crippen LogP contribution in [-0.4, -0.2) is 18.2 Å². The molecule has 0 spiro atoms. The van der Waals surface area contributed by atoms with E-state index < -0.39 is 0 Å². The molecule has 0 aliphatic heterocycles. The van der Waals surface area contributed by atoms with Crippen LogP contribution in [0, 0.1) is 0 Å². The minimum Gasteiger partial charge on any atom is -0.352 e. The van der Waals surface area contributed by atoms with Crippen molar-refractivity contribution in [3.05, 3.63) is 34.5 Å². The van der Waals surface area contributed by atoms with Crippen LogP contribution in [0.15, 0.2) is 29.7 Å². The summed E-state index contributed by atoms with van der Waals surface area (Å²) < 4.78 is 0. The van der Waals surface area contributed by atoms with Crippen LogP contribution in [0.5, 0.6) is 0 Å². The van der Waals surface area contributed by atoms with Gasteiger partial charge in [0.2, 0.25) is 5.91 Å². The summed E-state index contributed by atoms with van der Waals surface area (Å²) in [6.07, 6.45) is 0. The van der Waals surface area contributed by atoms with Crippen LogP contribution >= 0.6 is 23.1 Å². The molecule has 1 amide bonds. The maximum Gasteiger partial charge on any atom is 0.230 e. The third-order valence-corrected chi connectivity index (χ3v) is 3.69. The third-order valence-electron chi connectivity index (χ3n) is 1.64. The molecule has 4 heteroatoms. The van der Waals surface area contributed by atoms with Crippen LogP contribution in [0.25, 0.3) is 0 Å². The van der Waals surface area contributed by atoms with Gasteiger partial charge >= 0.3 is 0 Å². The monoisotopic (exact) mass is 241 g/mol. The molecule has 0 radical (unpaired) electrons. The van der Waals surface area contributed by atoms with Gasteiger partial charge in [-0.05, 0) is 18.4 Å². The van der Waals surface area contributed by atoms with Crippen molar-refractivity contribution in [2.45, 2.75) is 12.7 Å². The first-order chi connectivity index (χ1) is 7.18. The van der Waals surface area contributed by atoms with Crippen LogP contribution in [0.1, 0.15) is 11.8 Å². The summed E-state index contributed by atoms with van der Waals surface area (Å²) in [5, 5.41) is 4.86. The molecule has 0 unspecified atom stereocenters. The minimum atomic E-state index is 0.0829. The average Bonchev–Trinajstić information content (AvgIpc) is 2.67. The molecule has 0 saturated carbocycles. The van der Waals surface area contributed by atoms with Gasteiger partial charge < -0.3 is 5.32 Å². The second-order valence-corrected chi connectivity index (χ2v) is 5.32. The summed E-state index contributed by atoms with van der Waals surface area (Å²) in [6.45, 7) is 6.21. The number of hydrogen-bond donors (Lipinski definition) is 1. The quantitative estimate of drug-likeness (QED) is 0.776. The first-order valence-electron chi connectivity index (χ1n) is 4.69. The predicted molar refractivity (Wildman–Crippen MR) is 68.3 cm³/mol. The van der Waals surface area contributed by atoms with Crippen LogP contribution < -0.4 is 5.32 Å². The molecular weight excluding hydrogens is 226 g/mol. The molecule has 15 heavy (non-hydrogen) atoms. The Kier molecular flexibility index (Phi) is 5.50. The molecule has 0 aliphatic carbocycles. The predicted octanol–water partition coefficient (Wildman–Crippen LogP) is 2.67. The summed E-state index contributed by atoms with van der Waals surface area (Å²) >= 11 is 3.37. The second kappa shape index (κ2) is 6.69. The zero-order valence-electron chi connectivity index (χ0n) is 8.79. The molecule has 1 heterocycles. The zero-order valence-corrected chi connectivity index (χ0v) is 10.4. The van der Waals surface area contributed by atoms with Gasteiger partial charge in [-0.25, -0.2) is 0 Å². The molecular formula is C11H15NOS2. The third kappa shape index (κ3) is 5.64. The van der Waals surface area contributed by atoms with Crippen LogP contribution in [0.2, 0.25) is 0 Å². The second-order valence-electron chi connectivity index (χ2n) is 3.31. The van der Waals surface area contributed by atoms with Crippen molar-refractivity contribution in [3.8, 4) is 0 Å². The first kappa shape index (κ1) is 12.3. The fourth-order valence-corrected chi connectivity index (χ4v) is 2.64. The maximum absolute atomic E-state index is 11.3. The van der Waals surface area contributed by atoms with Gasteiger partial charge in [0.25, 0.3) is 0 Å². The number of nitrogens with one attached hydrogen (secondary N) is 1. The number of carbonyl (C=O) groups is 1.